The van der Waals surface area contributed by atoms with Gasteiger partial charge < -0.3 is 15.5 Å². The van der Waals surface area contributed by atoms with Crippen LogP contribution in [-0.2, 0) is 4.79 Å². The van der Waals surface area contributed by atoms with E-state index in [1.54, 1.807) is 15.8 Å². The Labute approximate surface area is 153 Å². The molecular formula is C19H25N5O2. The lowest BCUT2D eigenvalue weighted by Crippen LogP contribution is -2.52. The molecule has 0 spiro atoms. The molecule has 1 aliphatic rings. The molecule has 2 N–H and O–H groups in total. The first-order valence-electron chi connectivity index (χ1n) is 8.83. The first kappa shape index (κ1) is 18.0. The Kier molecular flexibility index (Phi) is 4.97. The summed E-state index contributed by atoms with van der Waals surface area (Å²) in [5.41, 5.74) is 1.21. The fraction of sp³-hybridized carbons (Fsp3) is 0.421. The van der Waals surface area contributed by atoms with Gasteiger partial charge in [-0.15, -0.1) is 0 Å². The zero-order chi connectivity index (χ0) is 18.7. The highest BCUT2D eigenvalue weighted by molar-refractivity contribution is 5.97. The third-order valence-electron chi connectivity index (χ3n) is 4.18. The summed E-state index contributed by atoms with van der Waals surface area (Å²) in [5, 5.41) is 10.1. The molecule has 7 heteroatoms. The van der Waals surface area contributed by atoms with Crippen LogP contribution >= 0.6 is 0 Å². The Bertz CT molecular complexity index is 779. The number of hydrogen-bond donors (Lipinski definition) is 2. The molecule has 0 unspecified atom stereocenters. The van der Waals surface area contributed by atoms with Crippen molar-refractivity contribution in [3.8, 4) is 5.69 Å². The van der Waals surface area contributed by atoms with Gasteiger partial charge in [-0.25, -0.2) is 9.48 Å². The SMILES string of the molecule is CC(C)(C)NC(=O)N1CCC[C@@H]1C(=O)Nc1cccc(-n2cccn2)c1. The van der Waals surface area contributed by atoms with Crippen molar-refractivity contribution in [2.75, 3.05) is 11.9 Å². The van der Waals surface area contributed by atoms with Crippen LogP contribution in [0.1, 0.15) is 33.6 Å². The zero-order valence-electron chi connectivity index (χ0n) is 15.4. The van der Waals surface area contributed by atoms with Crippen LogP contribution in [0.25, 0.3) is 5.69 Å². The molecule has 0 bridgehead atoms. The minimum Gasteiger partial charge on any atom is -0.333 e. The summed E-state index contributed by atoms with van der Waals surface area (Å²) in [4.78, 5) is 26.8. The van der Waals surface area contributed by atoms with Crippen LogP contribution in [0.3, 0.4) is 0 Å². The van der Waals surface area contributed by atoms with Crippen LogP contribution in [0.15, 0.2) is 42.7 Å². The molecule has 1 atom stereocenters. The highest BCUT2D eigenvalue weighted by Gasteiger charge is 2.35. The summed E-state index contributed by atoms with van der Waals surface area (Å²) in [6.07, 6.45) is 5.04. The molecule has 3 rings (SSSR count). The van der Waals surface area contributed by atoms with Gasteiger partial charge in [0.1, 0.15) is 6.04 Å². The second kappa shape index (κ2) is 7.19. The summed E-state index contributed by atoms with van der Waals surface area (Å²) in [6, 6.07) is 8.67. The van der Waals surface area contributed by atoms with Crippen molar-refractivity contribution in [3.63, 3.8) is 0 Å². The average molecular weight is 355 g/mol. The number of amides is 3. The predicted molar refractivity (Wildman–Crippen MR) is 100 cm³/mol. The molecule has 138 valence electrons. The van der Waals surface area contributed by atoms with E-state index in [2.05, 4.69) is 15.7 Å². The second-order valence-electron chi connectivity index (χ2n) is 7.52. The zero-order valence-corrected chi connectivity index (χ0v) is 15.4. The van der Waals surface area contributed by atoms with Crippen LogP contribution in [0.4, 0.5) is 10.5 Å². The van der Waals surface area contributed by atoms with Gasteiger partial charge in [-0.1, -0.05) is 6.07 Å². The number of carbonyl (C=O) groups excluding carboxylic acids is 2. The molecule has 1 aliphatic heterocycles. The number of carbonyl (C=O) groups is 2. The number of aromatic nitrogens is 2. The van der Waals surface area contributed by atoms with Gasteiger partial charge >= 0.3 is 6.03 Å². The van der Waals surface area contributed by atoms with Crippen LogP contribution in [0.2, 0.25) is 0 Å². The van der Waals surface area contributed by atoms with Crippen LogP contribution in [0.5, 0.6) is 0 Å². The van der Waals surface area contributed by atoms with Crippen molar-refractivity contribution in [2.45, 2.75) is 45.2 Å². The van der Waals surface area contributed by atoms with E-state index in [1.807, 2.05) is 57.3 Å². The van der Waals surface area contributed by atoms with Crippen molar-refractivity contribution in [1.29, 1.82) is 0 Å². The fourth-order valence-corrected chi connectivity index (χ4v) is 3.05. The Morgan fingerprint density at radius 3 is 2.73 bits per heavy atom. The smallest absolute Gasteiger partial charge is 0.318 e. The standard InChI is InChI=1S/C19H25N5O2/c1-19(2,3)22-18(26)23-11-5-9-16(23)17(25)21-14-7-4-8-15(13-14)24-12-6-10-20-24/h4,6-8,10,12-13,16H,5,9,11H2,1-3H3,(H,21,25)(H,22,26)/t16-/m1/s1. The second-order valence-corrected chi connectivity index (χ2v) is 7.52. The van der Waals surface area contributed by atoms with Gasteiger partial charge in [-0.3, -0.25) is 4.79 Å². The quantitative estimate of drug-likeness (QED) is 0.888. The monoisotopic (exact) mass is 355 g/mol. The fourth-order valence-electron chi connectivity index (χ4n) is 3.05. The van der Waals surface area contributed by atoms with Gasteiger partial charge in [-0.2, -0.15) is 5.10 Å². The van der Waals surface area contributed by atoms with E-state index in [9.17, 15) is 9.59 Å². The Morgan fingerprint density at radius 1 is 1.23 bits per heavy atom. The van der Waals surface area contributed by atoms with Gasteiger partial charge in [0, 0.05) is 30.2 Å². The maximum absolute atomic E-state index is 12.7. The Hall–Kier alpha value is -2.83. The third kappa shape index (κ3) is 4.22. The lowest BCUT2D eigenvalue weighted by atomic mass is 10.1. The minimum atomic E-state index is -0.453. The molecule has 1 aromatic heterocycles. The summed E-state index contributed by atoms with van der Waals surface area (Å²) in [5.74, 6) is -0.163. The number of urea groups is 1. The van der Waals surface area contributed by atoms with E-state index in [0.717, 1.165) is 12.1 Å². The number of anilines is 1. The molecule has 1 aromatic carbocycles. The largest absolute Gasteiger partial charge is 0.333 e. The molecule has 7 nitrogen and oxygen atoms in total. The Balaban J connectivity index is 1.69. The van der Waals surface area contributed by atoms with E-state index < -0.39 is 6.04 Å². The summed E-state index contributed by atoms with van der Waals surface area (Å²) < 4.78 is 1.73. The van der Waals surface area contributed by atoms with Crippen LogP contribution in [0, 0.1) is 0 Å². The lowest BCUT2D eigenvalue weighted by molar-refractivity contribution is -0.119. The van der Waals surface area contributed by atoms with E-state index in [-0.39, 0.29) is 17.5 Å². The van der Waals surface area contributed by atoms with Gasteiger partial charge in [0.05, 0.1) is 5.69 Å². The van der Waals surface area contributed by atoms with E-state index in [4.69, 9.17) is 0 Å². The number of benzene rings is 1. The first-order chi connectivity index (χ1) is 12.3. The normalized spacial score (nSPS) is 17.2. The molecule has 2 aromatic rings. The molecule has 26 heavy (non-hydrogen) atoms. The average Bonchev–Trinajstić information content (AvgIpc) is 3.25. The molecule has 0 saturated carbocycles. The van der Waals surface area contributed by atoms with E-state index in [1.165, 1.54) is 0 Å². The van der Waals surface area contributed by atoms with Gasteiger partial charge in [0.25, 0.3) is 0 Å². The molecule has 0 radical (unpaired) electrons. The number of rotatable bonds is 3. The maximum Gasteiger partial charge on any atom is 0.318 e. The predicted octanol–water partition coefficient (Wildman–Crippen LogP) is 2.78. The Morgan fingerprint density at radius 2 is 2.04 bits per heavy atom. The van der Waals surface area contributed by atoms with E-state index in [0.29, 0.717) is 18.7 Å². The number of hydrogen-bond acceptors (Lipinski definition) is 3. The maximum atomic E-state index is 12.7. The first-order valence-corrected chi connectivity index (χ1v) is 8.83. The van der Waals surface area contributed by atoms with Crippen molar-refractivity contribution >= 4 is 17.6 Å². The van der Waals surface area contributed by atoms with Crippen LogP contribution < -0.4 is 10.6 Å². The molecule has 1 fully saturated rings. The molecule has 1 saturated heterocycles. The van der Waals surface area contributed by atoms with Crippen LogP contribution in [-0.4, -0.2) is 44.7 Å². The number of likely N-dealkylation sites (tertiary alicyclic amines) is 1. The van der Waals surface area contributed by atoms with Crippen molar-refractivity contribution in [3.05, 3.63) is 42.7 Å². The molecule has 0 aliphatic carbocycles. The van der Waals surface area contributed by atoms with Gasteiger partial charge in [0.15, 0.2) is 0 Å². The van der Waals surface area contributed by atoms with Crippen molar-refractivity contribution in [2.24, 2.45) is 0 Å². The number of nitrogens with one attached hydrogen (secondary N) is 2. The van der Waals surface area contributed by atoms with Gasteiger partial charge in [-0.05, 0) is 57.9 Å². The highest BCUT2D eigenvalue weighted by atomic mass is 16.2. The number of nitrogens with zero attached hydrogens (tertiary/aromatic N) is 3. The highest BCUT2D eigenvalue weighted by Crippen LogP contribution is 2.21. The van der Waals surface area contributed by atoms with Crippen molar-refractivity contribution in [1.82, 2.24) is 20.0 Å². The molecule has 3 amide bonds. The third-order valence-corrected chi connectivity index (χ3v) is 4.18. The van der Waals surface area contributed by atoms with E-state index >= 15 is 0 Å². The summed E-state index contributed by atoms with van der Waals surface area (Å²) in [7, 11) is 0. The molecule has 2 heterocycles. The van der Waals surface area contributed by atoms with Crippen molar-refractivity contribution < 1.29 is 9.59 Å². The summed E-state index contributed by atoms with van der Waals surface area (Å²) >= 11 is 0. The molecular weight excluding hydrogens is 330 g/mol. The topological polar surface area (TPSA) is 79.3 Å². The lowest BCUT2D eigenvalue weighted by Gasteiger charge is -2.29. The van der Waals surface area contributed by atoms with Gasteiger partial charge in [0.2, 0.25) is 5.91 Å². The minimum absolute atomic E-state index is 0.163. The summed E-state index contributed by atoms with van der Waals surface area (Å²) in [6.45, 7) is 6.37.